The number of pyridine rings is 1. The topological polar surface area (TPSA) is 108 Å². The van der Waals surface area contributed by atoms with Crippen molar-refractivity contribution in [2.24, 2.45) is 0 Å². The maximum absolute atomic E-state index is 12.8. The van der Waals surface area contributed by atoms with Crippen LogP contribution in [0.1, 0.15) is 45.9 Å². The number of amides is 1. The minimum atomic E-state index is -0.984. The third-order valence-electron chi connectivity index (χ3n) is 6.53. The third-order valence-corrected chi connectivity index (χ3v) is 6.88. The van der Waals surface area contributed by atoms with Crippen molar-refractivity contribution in [2.75, 3.05) is 11.9 Å². The van der Waals surface area contributed by atoms with Crippen LogP contribution >= 0.6 is 12.2 Å². The highest BCUT2D eigenvalue weighted by atomic mass is 32.1. The largest absolute Gasteiger partial charge is 0.478 e. The number of anilines is 1. The maximum Gasteiger partial charge on any atom is 0.335 e. The van der Waals surface area contributed by atoms with Crippen molar-refractivity contribution in [3.05, 3.63) is 108 Å². The number of carbonyl (C=O) groups is 2. The van der Waals surface area contributed by atoms with Gasteiger partial charge in [0.1, 0.15) is 17.6 Å². The summed E-state index contributed by atoms with van der Waals surface area (Å²) >= 11 is 5.69. The quantitative estimate of drug-likeness (QED) is 0.264. The standard InChI is InChI=1S/C29H26N4O4S/c1-18-6-2-3-7-21(18)31-25(34)15-17-33-27(26(32-29(33)38)22-8-4-5-16-30-22)24-14-13-23(37-24)19-9-11-20(12-10-19)28(35)36/h2-14,16,26-27H,15,17H2,1H3,(H,31,34)(H,32,38)(H,35,36)/t26-,27+/m1/s1. The molecule has 1 saturated heterocycles. The summed E-state index contributed by atoms with van der Waals surface area (Å²) in [6, 6.07) is 23.0. The Morgan fingerprint density at radius 2 is 1.82 bits per heavy atom. The molecule has 192 valence electrons. The average molecular weight is 527 g/mol. The molecule has 1 amide bonds. The van der Waals surface area contributed by atoms with Crippen molar-refractivity contribution >= 4 is 34.9 Å². The summed E-state index contributed by atoms with van der Waals surface area (Å²) in [6.45, 7) is 2.33. The fraction of sp³-hybridized carbons (Fsp3) is 0.172. The number of carboxylic acids is 1. The molecule has 0 spiro atoms. The first-order chi connectivity index (χ1) is 18.4. The summed E-state index contributed by atoms with van der Waals surface area (Å²) in [7, 11) is 0. The van der Waals surface area contributed by atoms with E-state index in [-0.39, 0.29) is 30.0 Å². The minimum absolute atomic E-state index is 0.110. The van der Waals surface area contributed by atoms with E-state index in [0.717, 1.165) is 22.5 Å². The number of hydrogen-bond acceptors (Lipinski definition) is 5. The highest BCUT2D eigenvalue weighted by Gasteiger charge is 2.41. The first-order valence-corrected chi connectivity index (χ1v) is 12.6. The Labute approximate surface area is 225 Å². The number of carbonyl (C=O) groups excluding carboxylic acids is 1. The van der Waals surface area contributed by atoms with Gasteiger partial charge in [-0.1, -0.05) is 36.4 Å². The maximum atomic E-state index is 12.8. The second-order valence-electron chi connectivity index (χ2n) is 9.02. The van der Waals surface area contributed by atoms with E-state index in [0.29, 0.717) is 23.2 Å². The first-order valence-electron chi connectivity index (χ1n) is 12.2. The smallest absolute Gasteiger partial charge is 0.335 e. The number of carboxylic acid groups (broad SMARTS) is 1. The van der Waals surface area contributed by atoms with Crippen LogP contribution in [0.2, 0.25) is 0 Å². The molecule has 0 aliphatic carbocycles. The predicted molar refractivity (Wildman–Crippen MR) is 148 cm³/mol. The zero-order valence-corrected chi connectivity index (χ0v) is 21.4. The lowest BCUT2D eigenvalue weighted by Crippen LogP contribution is -2.32. The molecule has 0 saturated carbocycles. The SMILES string of the molecule is Cc1ccccc1NC(=O)CCN1C(=S)N[C@H](c2ccccn2)[C@@H]1c1ccc(-c2ccc(C(=O)O)cc2)o1. The lowest BCUT2D eigenvalue weighted by molar-refractivity contribution is -0.116. The molecule has 9 heteroatoms. The molecule has 3 N–H and O–H groups in total. The summed E-state index contributed by atoms with van der Waals surface area (Å²) in [6.07, 6.45) is 1.96. The first kappa shape index (κ1) is 25.2. The molecule has 38 heavy (non-hydrogen) atoms. The molecule has 0 unspecified atom stereocenters. The molecular weight excluding hydrogens is 500 g/mol. The van der Waals surface area contributed by atoms with Crippen LogP contribution in [0, 0.1) is 6.92 Å². The van der Waals surface area contributed by atoms with Gasteiger partial charge in [-0.3, -0.25) is 9.78 Å². The molecule has 5 rings (SSSR count). The molecule has 2 aromatic carbocycles. The number of aromatic carboxylic acids is 1. The molecule has 1 aliphatic heterocycles. The third kappa shape index (κ3) is 5.28. The van der Waals surface area contributed by atoms with E-state index in [9.17, 15) is 14.7 Å². The zero-order valence-electron chi connectivity index (χ0n) is 20.6. The van der Waals surface area contributed by atoms with Crippen molar-refractivity contribution in [2.45, 2.75) is 25.4 Å². The van der Waals surface area contributed by atoms with E-state index in [1.807, 2.05) is 66.4 Å². The van der Waals surface area contributed by atoms with E-state index in [2.05, 4.69) is 15.6 Å². The van der Waals surface area contributed by atoms with Crippen molar-refractivity contribution in [1.82, 2.24) is 15.2 Å². The number of para-hydroxylation sites is 1. The minimum Gasteiger partial charge on any atom is -0.478 e. The number of aryl methyl sites for hydroxylation is 1. The molecule has 1 aliphatic rings. The lowest BCUT2D eigenvalue weighted by Gasteiger charge is -2.26. The lowest BCUT2D eigenvalue weighted by atomic mass is 10.0. The summed E-state index contributed by atoms with van der Waals surface area (Å²) in [5.74, 6) is 0.166. The number of thiocarbonyl (C=S) groups is 1. The van der Waals surface area contributed by atoms with Crippen molar-refractivity contribution in [3.63, 3.8) is 0 Å². The average Bonchev–Trinajstić information content (AvgIpc) is 3.54. The van der Waals surface area contributed by atoms with Crippen LogP contribution in [0.3, 0.4) is 0 Å². The van der Waals surface area contributed by atoms with Crippen LogP contribution in [0.25, 0.3) is 11.3 Å². The highest BCUT2D eigenvalue weighted by molar-refractivity contribution is 7.80. The Morgan fingerprint density at radius 3 is 2.53 bits per heavy atom. The number of nitrogens with zero attached hydrogens (tertiary/aromatic N) is 2. The number of furan rings is 1. The monoisotopic (exact) mass is 526 g/mol. The Morgan fingerprint density at radius 1 is 1.05 bits per heavy atom. The van der Waals surface area contributed by atoms with Gasteiger partial charge in [0.15, 0.2) is 5.11 Å². The molecular formula is C29H26N4O4S. The van der Waals surface area contributed by atoms with E-state index in [1.165, 1.54) is 0 Å². The number of rotatable bonds is 8. The van der Waals surface area contributed by atoms with Gasteiger partial charge in [0.25, 0.3) is 0 Å². The van der Waals surface area contributed by atoms with Crippen molar-refractivity contribution in [1.29, 1.82) is 0 Å². The molecule has 4 aromatic rings. The summed E-state index contributed by atoms with van der Waals surface area (Å²) in [5, 5.41) is 16.0. The van der Waals surface area contributed by atoms with Gasteiger partial charge in [0, 0.05) is 30.4 Å². The van der Waals surface area contributed by atoms with Gasteiger partial charge in [0.05, 0.1) is 17.3 Å². The summed E-state index contributed by atoms with van der Waals surface area (Å²) in [5.41, 5.74) is 3.54. The normalized spacial score (nSPS) is 16.8. The van der Waals surface area contributed by atoms with Gasteiger partial charge in [-0.2, -0.15) is 0 Å². The molecule has 2 aromatic heterocycles. The van der Waals surface area contributed by atoms with E-state index in [4.69, 9.17) is 16.6 Å². The van der Waals surface area contributed by atoms with Gasteiger partial charge < -0.3 is 25.1 Å². The number of hydrogen-bond donors (Lipinski definition) is 3. The van der Waals surface area contributed by atoms with Gasteiger partial charge in [-0.25, -0.2) is 4.79 Å². The Bertz CT molecular complexity index is 1470. The van der Waals surface area contributed by atoms with Crippen LogP contribution in [0.4, 0.5) is 5.69 Å². The fourth-order valence-corrected chi connectivity index (χ4v) is 4.88. The van der Waals surface area contributed by atoms with Crippen LogP contribution in [-0.2, 0) is 4.79 Å². The predicted octanol–water partition coefficient (Wildman–Crippen LogP) is 5.35. The van der Waals surface area contributed by atoms with E-state index in [1.54, 1.807) is 30.5 Å². The molecule has 8 nitrogen and oxygen atoms in total. The number of aromatic nitrogens is 1. The number of nitrogens with one attached hydrogen (secondary N) is 2. The van der Waals surface area contributed by atoms with Crippen LogP contribution in [-0.4, -0.2) is 38.5 Å². The van der Waals surface area contributed by atoms with Gasteiger partial charge in [-0.05, 0) is 67.2 Å². The van der Waals surface area contributed by atoms with E-state index >= 15 is 0 Å². The molecule has 0 bridgehead atoms. The van der Waals surface area contributed by atoms with Crippen molar-refractivity contribution in [3.8, 4) is 11.3 Å². The Balaban J connectivity index is 1.40. The van der Waals surface area contributed by atoms with Crippen LogP contribution < -0.4 is 10.6 Å². The fourth-order valence-electron chi connectivity index (χ4n) is 4.55. The second-order valence-corrected chi connectivity index (χ2v) is 9.40. The molecule has 3 heterocycles. The van der Waals surface area contributed by atoms with Crippen LogP contribution in [0.5, 0.6) is 0 Å². The summed E-state index contributed by atoms with van der Waals surface area (Å²) < 4.78 is 6.29. The van der Waals surface area contributed by atoms with Gasteiger partial charge in [0.2, 0.25) is 5.91 Å². The Hall–Kier alpha value is -4.50. The Kier molecular flexibility index (Phi) is 7.19. The molecule has 2 atom stereocenters. The number of benzene rings is 2. The van der Waals surface area contributed by atoms with Crippen LogP contribution in [0.15, 0.2) is 89.5 Å². The summed E-state index contributed by atoms with van der Waals surface area (Å²) in [4.78, 5) is 30.5. The van der Waals surface area contributed by atoms with E-state index < -0.39 is 5.97 Å². The highest BCUT2D eigenvalue weighted by Crippen LogP contribution is 2.40. The zero-order chi connectivity index (χ0) is 26.6. The van der Waals surface area contributed by atoms with Gasteiger partial charge in [-0.15, -0.1) is 0 Å². The van der Waals surface area contributed by atoms with Crippen molar-refractivity contribution < 1.29 is 19.1 Å². The molecule has 0 radical (unpaired) electrons. The van der Waals surface area contributed by atoms with Gasteiger partial charge >= 0.3 is 5.97 Å². The molecule has 1 fully saturated rings. The second kappa shape index (κ2) is 10.9.